The van der Waals surface area contributed by atoms with Crippen LogP contribution >= 0.6 is 11.8 Å². The number of methoxy groups -OCH3 is 1. The number of nitrogens with one attached hydrogen (secondary N) is 1. The van der Waals surface area contributed by atoms with Crippen LogP contribution in [-0.2, 0) is 10.5 Å². The highest BCUT2D eigenvalue weighted by Gasteiger charge is 2.09. The van der Waals surface area contributed by atoms with Gasteiger partial charge in [-0.2, -0.15) is 0 Å². The van der Waals surface area contributed by atoms with E-state index in [0.29, 0.717) is 13.2 Å². The van der Waals surface area contributed by atoms with Crippen LogP contribution in [0.4, 0.5) is 0 Å². The minimum absolute atomic E-state index is 0. The van der Waals surface area contributed by atoms with E-state index in [1.54, 1.807) is 25.1 Å². The molecule has 26 heavy (non-hydrogen) atoms. The van der Waals surface area contributed by atoms with Gasteiger partial charge in [0.2, 0.25) is 0 Å². The van der Waals surface area contributed by atoms with Crippen LogP contribution in [-0.4, -0.2) is 40.8 Å². The number of aromatic amines is 1. The van der Waals surface area contributed by atoms with Crippen molar-refractivity contribution in [2.75, 3.05) is 20.3 Å². The van der Waals surface area contributed by atoms with Crippen LogP contribution in [0, 0.1) is 6.92 Å². The molecule has 0 radical (unpaired) electrons. The minimum Gasteiger partial charge on any atom is -0.493 e. The number of nitrogens with zero attached hydrogens (tertiary/aromatic N) is 2. The Labute approximate surface area is 158 Å². The first-order valence-electron chi connectivity index (χ1n) is 7.91. The minimum atomic E-state index is 0. The first-order chi connectivity index (χ1) is 11.8. The monoisotopic (exact) mass is 377 g/mol. The third-order valence-corrected chi connectivity index (χ3v) is 4.61. The predicted octanol–water partition coefficient (Wildman–Crippen LogP) is 3.79. The number of hydrogen-bond donors (Lipinski definition) is 1. The molecule has 2 heterocycles. The van der Waals surface area contributed by atoms with Gasteiger partial charge < -0.3 is 19.9 Å². The molecule has 0 unspecified atom stereocenters. The summed E-state index contributed by atoms with van der Waals surface area (Å²) >= 11 is 1.65. The van der Waals surface area contributed by atoms with Crippen molar-refractivity contribution in [2.24, 2.45) is 0 Å². The number of aromatic nitrogens is 3. The molecule has 3 rings (SSSR count). The lowest BCUT2D eigenvalue weighted by Crippen LogP contribution is -2.04. The van der Waals surface area contributed by atoms with Crippen LogP contribution in [0.2, 0.25) is 0 Å². The van der Waals surface area contributed by atoms with Crippen molar-refractivity contribution in [1.82, 2.24) is 15.0 Å². The van der Waals surface area contributed by atoms with Crippen LogP contribution in [0.15, 0.2) is 41.7 Å². The number of fused-ring (bicyclic) bond motifs is 1. The first-order valence-corrected chi connectivity index (χ1v) is 8.90. The van der Waals surface area contributed by atoms with Crippen LogP contribution in [0.25, 0.3) is 11.0 Å². The highest BCUT2D eigenvalue weighted by atomic mass is 32.2. The van der Waals surface area contributed by atoms with E-state index in [4.69, 9.17) is 9.47 Å². The Morgan fingerprint density at radius 3 is 2.73 bits per heavy atom. The second-order valence-corrected chi connectivity index (χ2v) is 6.39. The summed E-state index contributed by atoms with van der Waals surface area (Å²) in [7, 11) is 1.70. The quantitative estimate of drug-likeness (QED) is 0.476. The summed E-state index contributed by atoms with van der Waals surface area (Å²) in [6, 6.07) is 9.95. The van der Waals surface area contributed by atoms with Crippen molar-refractivity contribution in [3.63, 3.8) is 0 Å². The molecule has 142 valence electrons. The van der Waals surface area contributed by atoms with Gasteiger partial charge in [0.1, 0.15) is 5.75 Å². The maximum atomic E-state index is 5.83. The Hall–Kier alpha value is -2.09. The number of hydrogen-bond acceptors (Lipinski definition) is 5. The molecule has 0 fully saturated rings. The van der Waals surface area contributed by atoms with E-state index in [1.165, 1.54) is 0 Å². The van der Waals surface area contributed by atoms with E-state index in [2.05, 4.69) is 15.0 Å². The van der Waals surface area contributed by atoms with Gasteiger partial charge in [0.25, 0.3) is 0 Å². The fourth-order valence-corrected chi connectivity index (χ4v) is 3.29. The lowest BCUT2D eigenvalue weighted by atomic mass is 10.2. The average molecular weight is 378 g/mol. The molecular weight excluding hydrogens is 350 g/mol. The molecule has 0 bridgehead atoms. The van der Waals surface area contributed by atoms with E-state index >= 15 is 0 Å². The maximum absolute atomic E-state index is 5.83. The van der Waals surface area contributed by atoms with Crippen molar-refractivity contribution in [1.29, 1.82) is 0 Å². The molecular formula is C19H27N3O3S. The second-order valence-electron chi connectivity index (χ2n) is 5.42. The fourth-order valence-electron chi connectivity index (χ4n) is 2.38. The lowest BCUT2D eigenvalue weighted by Gasteiger charge is -2.11. The van der Waals surface area contributed by atoms with Gasteiger partial charge in [0.05, 0.1) is 23.3 Å². The van der Waals surface area contributed by atoms with E-state index in [9.17, 15) is 0 Å². The van der Waals surface area contributed by atoms with Crippen molar-refractivity contribution >= 4 is 22.8 Å². The number of para-hydroxylation sites is 2. The number of imidazole rings is 1. The molecule has 3 aromatic rings. The smallest absolute Gasteiger partial charge is 0.166 e. The molecule has 1 aromatic carbocycles. The first kappa shape index (κ1) is 22.0. The number of rotatable bonds is 8. The molecule has 0 aliphatic heterocycles. The largest absolute Gasteiger partial charge is 0.493 e. The van der Waals surface area contributed by atoms with Crippen molar-refractivity contribution in [2.45, 2.75) is 31.7 Å². The van der Waals surface area contributed by atoms with Gasteiger partial charge in [0, 0.05) is 37.7 Å². The van der Waals surface area contributed by atoms with Gasteiger partial charge in [-0.15, -0.1) is 0 Å². The zero-order valence-corrected chi connectivity index (χ0v) is 15.2. The van der Waals surface area contributed by atoms with Crippen LogP contribution in [0.5, 0.6) is 5.75 Å². The van der Waals surface area contributed by atoms with Crippen molar-refractivity contribution < 1.29 is 14.9 Å². The third kappa shape index (κ3) is 5.45. The molecule has 0 spiro atoms. The van der Waals surface area contributed by atoms with Crippen LogP contribution in [0.1, 0.15) is 25.1 Å². The molecule has 0 saturated heterocycles. The average Bonchev–Trinajstić information content (AvgIpc) is 3.02. The molecule has 3 N–H and O–H groups in total. The summed E-state index contributed by atoms with van der Waals surface area (Å²) in [6.07, 6.45) is 2.68. The number of ether oxygens (including phenoxy) is 2. The van der Waals surface area contributed by atoms with Crippen molar-refractivity contribution in [3.05, 3.63) is 47.8 Å². The van der Waals surface area contributed by atoms with Gasteiger partial charge >= 0.3 is 0 Å². The Balaban J connectivity index is 0.00000169. The molecule has 6 nitrogen and oxygen atoms in total. The van der Waals surface area contributed by atoms with E-state index in [1.807, 2.05) is 37.3 Å². The predicted molar refractivity (Wildman–Crippen MR) is 107 cm³/mol. The van der Waals surface area contributed by atoms with Gasteiger partial charge in [-0.3, -0.25) is 4.98 Å². The zero-order valence-electron chi connectivity index (χ0n) is 14.4. The highest BCUT2D eigenvalue weighted by Crippen LogP contribution is 2.27. The normalized spacial score (nSPS) is 10.2. The van der Waals surface area contributed by atoms with E-state index < -0.39 is 0 Å². The maximum Gasteiger partial charge on any atom is 0.166 e. The molecule has 2 aromatic heterocycles. The Kier molecular flexibility index (Phi) is 9.12. The zero-order chi connectivity index (χ0) is 16.8. The summed E-state index contributed by atoms with van der Waals surface area (Å²) in [5.41, 5.74) is 4.14. The molecule has 0 aliphatic carbocycles. The molecule has 0 aliphatic rings. The summed E-state index contributed by atoms with van der Waals surface area (Å²) in [5, 5.41) is 0.906. The number of thioether (sulfide) groups is 1. The van der Waals surface area contributed by atoms with Crippen LogP contribution < -0.4 is 4.74 Å². The molecule has 0 saturated carbocycles. The Morgan fingerprint density at radius 1 is 1.15 bits per heavy atom. The number of benzene rings is 1. The lowest BCUT2D eigenvalue weighted by molar-refractivity contribution is 0.172. The van der Waals surface area contributed by atoms with Crippen molar-refractivity contribution in [3.8, 4) is 5.75 Å². The Bertz CT molecular complexity index is 775. The second kappa shape index (κ2) is 10.8. The standard InChI is InChI=1S/C18H21N3O2S.CH4.H2O/c1-13-16(19-9-8-17(13)23-11-5-10-22-2)12-24-18-20-14-6-3-4-7-15(14)21-18;;/h3-4,6-9H,5,10-12H2,1-2H3,(H,20,21);1H4;1H2. The van der Waals surface area contributed by atoms with E-state index in [-0.39, 0.29) is 12.9 Å². The highest BCUT2D eigenvalue weighted by molar-refractivity contribution is 7.98. The number of H-pyrrole nitrogens is 1. The summed E-state index contributed by atoms with van der Waals surface area (Å²) in [4.78, 5) is 12.4. The van der Waals surface area contributed by atoms with Gasteiger partial charge in [0.15, 0.2) is 5.16 Å². The van der Waals surface area contributed by atoms with Gasteiger partial charge in [-0.05, 0) is 25.1 Å². The topological polar surface area (TPSA) is 91.5 Å². The fraction of sp³-hybridized carbons (Fsp3) is 0.368. The molecule has 0 amide bonds. The molecule has 0 atom stereocenters. The SMILES string of the molecule is C.COCCCOc1ccnc(CSc2nc3ccccc3[nH]2)c1C.O. The van der Waals surface area contributed by atoms with E-state index in [0.717, 1.165) is 45.4 Å². The van der Waals surface area contributed by atoms with Gasteiger partial charge in [-0.25, -0.2) is 4.98 Å². The molecule has 7 heteroatoms. The number of pyridine rings is 1. The third-order valence-electron chi connectivity index (χ3n) is 3.72. The Morgan fingerprint density at radius 2 is 1.96 bits per heavy atom. The summed E-state index contributed by atoms with van der Waals surface area (Å²) < 4.78 is 10.9. The summed E-state index contributed by atoms with van der Waals surface area (Å²) in [5.74, 6) is 1.64. The van der Waals surface area contributed by atoms with Gasteiger partial charge in [-0.1, -0.05) is 31.3 Å². The summed E-state index contributed by atoms with van der Waals surface area (Å²) in [6.45, 7) is 3.40. The van der Waals surface area contributed by atoms with Crippen LogP contribution in [0.3, 0.4) is 0 Å².